The van der Waals surface area contributed by atoms with Crippen molar-refractivity contribution in [2.45, 2.75) is 6.92 Å². The molecule has 0 fully saturated rings. The number of rotatable bonds is 2. The summed E-state index contributed by atoms with van der Waals surface area (Å²) in [7, 11) is 3.49. The Bertz CT molecular complexity index is 854. The van der Waals surface area contributed by atoms with E-state index in [9.17, 15) is 4.79 Å². The third-order valence-electron chi connectivity index (χ3n) is 3.40. The molecule has 0 radical (unpaired) electrons. The lowest BCUT2D eigenvalue weighted by molar-refractivity contribution is -0.122. The fourth-order valence-corrected chi connectivity index (χ4v) is 2.37. The smallest absolute Gasteiger partial charge is 0.290 e. The van der Waals surface area contributed by atoms with Crippen molar-refractivity contribution in [2.24, 2.45) is 0 Å². The van der Waals surface area contributed by atoms with Crippen LogP contribution in [0, 0.1) is 6.92 Å². The molecule has 1 N–H and O–H groups in total. The number of carbonyl (C=O) groups excluding carboxylic acids is 1. The monoisotopic (exact) mass is 326 g/mol. The first kappa shape index (κ1) is 17.1. The molecule has 124 valence electrons. The number of hydrogen-bond acceptors (Lipinski definition) is 4. The van der Waals surface area contributed by atoms with E-state index in [1.54, 1.807) is 29.7 Å². The molecule has 0 atom stereocenters. The second kappa shape index (κ2) is 7.36. The molecule has 0 saturated carbocycles. The Kier molecular flexibility index (Phi) is 5.26. The van der Waals surface area contributed by atoms with E-state index >= 15 is 0 Å². The van der Waals surface area contributed by atoms with E-state index < -0.39 is 0 Å². The summed E-state index contributed by atoms with van der Waals surface area (Å²) < 4.78 is 1.77. The molecule has 24 heavy (non-hydrogen) atoms. The summed E-state index contributed by atoms with van der Waals surface area (Å²) in [6.45, 7) is 1.71. The normalized spacial score (nSPS) is 9.96. The van der Waals surface area contributed by atoms with Crippen LogP contribution >= 0.6 is 0 Å². The Labute approximate surface area is 139 Å². The van der Waals surface area contributed by atoms with Crippen molar-refractivity contribution in [3.63, 3.8) is 0 Å². The van der Waals surface area contributed by atoms with E-state index in [-0.39, 0.29) is 12.4 Å². The van der Waals surface area contributed by atoms with E-state index in [1.165, 1.54) is 0 Å². The number of aryl methyl sites for hydroxylation is 1. The fraction of sp³-hybridized carbons (Fsp3) is 0.176. The summed E-state index contributed by atoms with van der Waals surface area (Å²) in [5.41, 5.74) is 4.42. The van der Waals surface area contributed by atoms with Crippen molar-refractivity contribution < 1.29 is 14.7 Å². The fourth-order valence-electron chi connectivity index (χ4n) is 2.37. The van der Waals surface area contributed by atoms with Crippen molar-refractivity contribution in [1.82, 2.24) is 19.5 Å². The van der Waals surface area contributed by atoms with Gasteiger partial charge in [-0.2, -0.15) is 5.10 Å². The van der Waals surface area contributed by atoms with Crippen molar-refractivity contribution in [2.75, 3.05) is 14.1 Å². The van der Waals surface area contributed by atoms with Crippen LogP contribution in [0.4, 0.5) is 0 Å². The molecular formula is C17H18N4O3. The van der Waals surface area contributed by atoms with Gasteiger partial charge in [0.1, 0.15) is 0 Å². The average Bonchev–Trinajstić information content (AvgIpc) is 2.90. The summed E-state index contributed by atoms with van der Waals surface area (Å²) in [4.78, 5) is 26.2. The van der Waals surface area contributed by atoms with Crippen molar-refractivity contribution >= 4 is 18.0 Å². The minimum atomic E-state index is -0.250. The Morgan fingerprint density at radius 2 is 1.88 bits per heavy atom. The number of aromatic nitrogens is 3. The lowest BCUT2D eigenvalue weighted by Crippen LogP contribution is -2.21. The maximum absolute atomic E-state index is 11.9. The summed E-state index contributed by atoms with van der Waals surface area (Å²) >= 11 is 0. The zero-order valence-electron chi connectivity index (χ0n) is 13.7. The SMILES string of the molecule is Cc1nn2cccnc2c1-c1ccc(C(=O)N(C)C)cc1.O=CO. The van der Waals surface area contributed by atoms with Crippen molar-refractivity contribution in [1.29, 1.82) is 0 Å². The molecule has 3 rings (SSSR count). The van der Waals surface area contributed by atoms with E-state index in [1.807, 2.05) is 43.5 Å². The predicted molar refractivity (Wildman–Crippen MR) is 89.9 cm³/mol. The Balaban J connectivity index is 0.000000647. The van der Waals surface area contributed by atoms with E-state index in [2.05, 4.69) is 10.1 Å². The number of fused-ring (bicyclic) bond motifs is 1. The van der Waals surface area contributed by atoms with Crippen LogP contribution in [-0.4, -0.2) is 51.1 Å². The highest BCUT2D eigenvalue weighted by atomic mass is 16.3. The van der Waals surface area contributed by atoms with Crippen LogP contribution in [0.5, 0.6) is 0 Å². The maximum Gasteiger partial charge on any atom is 0.290 e. The first-order chi connectivity index (χ1) is 11.5. The quantitative estimate of drug-likeness (QED) is 0.729. The molecule has 1 aromatic carbocycles. The number of hydrogen-bond donors (Lipinski definition) is 1. The van der Waals surface area contributed by atoms with Crippen LogP contribution in [0.3, 0.4) is 0 Å². The van der Waals surface area contributed by atoms with Gasteiger partial charge >= 0.3 is 0 Å². The summed E-state index contributed by atoms with van der Waals surface area (Å²) in [6, 6.07) is 9.40. The van der Waals surface area contributed by atoms with Gasteiger partial charge in [-0.05, 0) is 30.7 Å². The van der Waals surface area contributed by atoms with Crippen LogP contribution in [-0.2, 0) is 4.79 Å². The second-order valence-electron chi connectivity index (χ2n) is 5.23. The maximum atomic E-state index is 11.9. The molecule has 7 nitrogen and oxygen atoms in total. The number of carbonyl (C=O) groups is 2. The lowest BCUT2D eigenvalue weighted by atomic mass is 10.0. The lowest BCUT2D eigenvalue weighted by Gasteiger charge is -2.10. The van der Waals surface area contributed by atoms with Gasteiger partial charge in [0.2, 0.25) is 0 Å². The zero-order chi connectivity index (χ0) is 17.7. The molecular weight excluding hydrogens is 308 g/mol. The van der Waals surface area contributed by atoms with Crippen LogP contribution in [0.25, 0.3) is 16.8 Å². The van der Waals surface area contributed by atoms with Gasteiger partial charge in [0.05, 0.1) is 5.69 Å². The Morgan fingerprint density at radius 1 is 1.25 bits per heavy atom. The molecule has 0 aliphatic heterocycles. The average molecular weight is 326 g/mol. The van der Waals surface area contributed by atoms with Gasteiger partial charge < -0.3 is 10.0 Å². The molecule has 1 amide bonds. The first-order valence-electron chi connectivity index (χ1n) is 7.19. The van der Waals surface area contributed by atoms with Gasteiger partial charge in [0, 0.05) is 37.6 Å². The molecule has 3 aromatic rings. The van der Waals surface area contributed by atoms with Crippen molar-refractivity contribution in [3.05, 3.63) is 54.0 Å². The largest absolute Gasteiger partial charge is 0.483 e. The van der Waals surface area contributed by atoms with Crippen LogP contribution in [0.2, 0.25) is 0 Å². The van der Waals surface area contributed by atoms with Gasteiger partial charge in [-0.15, -0.1) is 0 Å². The Hall–Kier alpha value is -3.22. The Morgan fingerprint density at radius 3 is 2.46 bits per heavy atom. The summed E-state index contributed by atoms with van der Waals surface area (Å²) in [6.07, 6.45) is 3.63. The highest BCUT2D eigenvalue weighted by Crippen LogP contribution is 2.27. The molecule has 0 aliphatic carbocycles. The molecule has 2 aromatic heterocycles. The van der Waals surface area contributed by atoms with Gasteiger partial charge in [0.15, 0.2) is 5.65 Å². The second-order valence-corrected chi connectivity index (χ2v) is 5.23. The minimum absolute atomic E-state index is 0.00346. The molecule has 0 unspecified atom stereocenters. The predicted octanol–water partition coefficient (Wildman–Crippen LogP) is 2.11. The topological polar surface area (TPSA) is 87.8 Å². The van der Waals surface area contributed by atoms with E-state index in [4.69, 9.17) is 9.90 Å². The van der Waals surface area contributed by atoms with Gasteiger partial charge in [-0.3, -0.25) is 9.59 Å². The van der Waals surface area contributed by atoms with Crippen LogP contribution in [0.1, 0.15) is 16.1 Å². The van der Waals surface area contributed by atoms with Gasteiger partial charge in [-0.1, -0.05) is 12.1 Å². The van der Waals surface area contributed by atoms with Gasteiger partial charge in [0.25, 0.3) is 12.4 Å². The molecule has 0 bridgehead atoms. The number of nitrogens with zero attached hydrogens (tertiary/aromatic N) is 4. The number of amides is 1. The molecule has 2 heterocycles. The summed E-state index contributed by atoms with van der Waals surface area (Å²) in [5, 5.41) is 11.3. The van der Waals surface area contributed by atoms with E-state index in [0.29, 0.717) is 5.56 Å². The minimum Gasteiger partial charge on any atom is -0.483 e. The zero-order valence-corrected chi connectivity index (χ0v) is 13.7. The summed E-state index contributed by atoms with van der Waals surface area (Å²) in [5.74, 6) is -0.00346. The molecule has 7 heteroatoms. The first-order valence-corrected chi connectivity index (χ1v) is 7.19. The van der Waals surface area contributed by atoms with Crippen LogP contribution in [0.15, 0.2) is 42.7 Å². The number of benzene rings is 1. The third kappa shape index (κ3) is 3.40. The highest BCUT2D eigenvalue weighted by Gasteiger charge is 2.13. The molecule has 0 aliphatic rings. The molecule has 0 spiro atoms. The van der Waals surface area contributed by atoms with Crippen LogP contribution < -0.4 is 0 Å². The third-order valence-corrected chi connectivity index (χ3v) is 3.40. The standard InChI is InChI=1S/C16H16N4O.CH2O2/c1-11-14(15-17-9-4-10-20(15)18-11)12-5-7-13(8-6-12)16(21)19(2)3;2-1-3/h4-10H,1-3H3;1H,(H,2,3). The van der Waals surface area contributed by atoms with E-state index in [0.717, 1.165) is 22.5 Å². The van der Waals surface area contributed by atoms with Crippen molar-refractivity contribution in [3.8, 4) is 11.1 Å². The van der Waals surface area contributed by atoms with Gasteiger partial charge in [-0.25, -0.2) is 9.50 Å². The molecule has 0 saturated heterocycles. The highest BCUT2D eigenvalue weighted by molar-refractivity contribution is 5.94. The number of carboxylic acid groups (broad SMARTS) is 1.